The summed E-state index contributed by atoms with van der Waals surface area (Å²) in [6.45, 7) is 1.05. The SMILES string of the molecule is CNC(=O)c1cccc2cc(Oc3ccnc4cc(OCC5(N(C)C)CC5)c(OC)cc34)ccc12.CNC(=O)c1cccc2cc(Oc3ccnc4cc(OCC5(N)CC5)c(OC)cc34)ccc12. The summed E-state index contributed by atoms with van der Waals surface area (Å²) in [6, 6.07) is 33.8. The fraction of sp³-hybridized carbons (Fsp3) is 0.259. The monoisotopic (exact) mass is 914 g/mol. The number of hydrogen-bond acceptors (Lipinski definition) is 12. The van der Waals surface area contributed by atoms with E-state index in [4.69, 9.17) is 34.2 Å². The number of nitrogens with two attached hydrogens (primary N) is 1. The number of aromatic nitrogens is 2. The van der Waals surface area contributed by atoms with E-state index < -0.39 is 0 Å². The Morgan fingerprint density at radius 3 is 1.46 bits per heavy atom. The second kappa shape index (κ2) is 18.9. The minimum Gasteiger partial charge on any atom is -0.493 e. The normalized spacial score (nSPS) is 14.2. The quantitative estimate of drug-likeness (QED) is 0.0893. The van der Waals surface area contributed by atoms with Crippen LogP contribution in [0.15, 0.2) is 122 Å². The standard InChI is InChI=1S/C28H29N3O4.C26H25N3O4/c1-29-27(32)21-7-5-6-18-14-19(8-9-20(18)21)35-24-10-13-30-23-16-26(25(33-4)15-22(23)24)34-17-28(11-12-28)31(2)3;1-28-25(30)19-5-3-4-16-12-17(6-7-18(16)19)33-22-8-11-29-21-14-24(23(31-2)13-20(21)22)32-15-26(27)9-10-26/h5-10,13-16H,11-12,17H2,1-4H3,(H,29,32);3-8,11-14H,9-10,15,27H2,1-2H3,(H,28,30). The molecule has 0 atom stereocenters. The summed E-state index contributed by atoms with van der Waals surface area (Å²) < 4.78 is 35.9. The number of ether oxygens (including phenoxy) is 6. The maximum absolute atomic E-state index is 12.2. The first-order chi connectivity index (χ1) is 32.9. The molecule has 0 aliphatic heterocycles. The third kappa shape index (κ3) is 9.46. The molecule has 14 nitrogen and oxygen atoms in total. The molecule has 0 radical (unpaired) electrons. The van der Waals surface area contributed by atoms with Crippen molar-refractivity contribution in [2.45, 2.75) is 36.8 Å². The Morgan fingerprint density at radius 2 is 1.04 bits per heavy atom. The van der Waals surface area contributed by atoms with Gasteiger partial charge in [0.2, 0.25) is 0 Å². The van der Waals surface area contributed by atoms with Crippen molar-refractivity contribution in [1.29, 1.82) is 0 Å². The molecule has 4 N–H and O–H groups in total. The lowest BCUT2D eigenvalue weighted by molar-refractivity contribution is 0.0956. The third-order valence-corrected chi connectivity index (χ3v) is 12.8. The third-order valence-electron chi connectivity index (χ3n) is 12.8. The average Bonchev–Trinajstić information content (AvgIpc) is 4.31. The maximum atomic E-state index is 12.2. The van der Waals surface area contributed by atoms with E-state index in [2.05, 4.69) is 39.6 Å². The number of nitrogens with one attached hydrogen (secondary N) is 2. The van der Waals surface area contributed by atoms with Crippen LogP contribution in [0.5, 0.6) is 46.0 Å². The van der Waals surface area contributed by atoms with E-state index in [0.29, 0.717) is 70.3 Å². The molecule has 2 amide bonds. The highest BCUT2D eigenvalue weighted by atomic mass is 16.5. The molecule has 0 bridgehead atoms. The molecule has 2 aliphatic rings. The number of pyridine rings is 2. The number of benzene rings is 6. The zero-order valence-corrected chi connectivity index (χ0v) is 39.0. The van der Waals surface area contributed by atoms with Crippen molar-refractivity contribution in [2.24, 2.45) is 5.73 Å². The molecule has 0 saturated heterocycles. The van der Waals surface area contributed by atoms with Crippen LogP contribution in [0.4, 0.5) is 0 Å². The summed E-state index contributed by atoms with van der Waals surface area (Å²) in [7, 11) is 10.7. The molecule has 348 valence electrons. The molecule has 2 fully saturated rings. The van der Waals surface area contributed by atoms with Crippen molar-refractivity contribution in [1.82, 2.24) is 25.5 Å². The summed E-state index contributed by atoms with van der Waals surface area (Å²) in [5.41, 5.74) is 8.77. The second-order valence-corrected chi connectivity index (χ2v) is 17.5. The number of carbonyl (C=O) groups is 2. The van der Waals surface area contributed by atoms with Crippen molar-refractivity contribution >= 4 is 55.2 Å². The first kappa shape index (κ1) is 45.5. The average molecular weight is 915 g/mol. The van der Waals surface area contributed by atoms with Crippen LogP contribution < -0.4 is 44.8 Å². The van der Waals surface area contributed by atoms with Crippen LogP contribution in [0.3, 0.4) is 0 Å². The Bertz CT molecular complexity index is 3200. The van der Waals surface area contributed by atoms with E-state index in [1.54, 1.807) is 46.8 Å². The zero-order valence-electron chi connectivity index (χ0n) is 39.0. The Morgan fingerprint density at radius 1 is 0.574 bits per heavy atom. The number of amides is 2. The lowest BCUT2D eigenvalue weighted by Crippen LogP contribution is -2.35. The molecule has 6 aromatic carbocycles. The molecular formula is C54H54N6O8. The van der Waals surface area contributed by atoms with Crippen molar-refractivity contribution in [2.75, 3.05) is 55.6 Å². The van der Waals surface area contributed by atoms with Gasteiger partial charge in [0.1, 0.15) is 36.2 Å². The largest absolute Gasteiger partial charge is 0.493 e. The lowest BCUT2D eigenvalue weighted by atomic mass is 10.0. The van der Waals surface area contributed by atoms with E-state index in [1.807, 2.05) is 103 Å². The van der Waals surface area contributed by atoms with Gasteiger partial charge in [-0.1, -0.05) is 24.3 Å². The highest BCUT2D eigenvalue weighted by Gasteiger charge is 2.46. The number of nitrogens with zero attached hydrogens (tertiary/aromatic N) is 3. The van der Waals surface area contributed by atoms with Crippen molar-refractivity contribution in [3.63, 3.8) is 0 Å². The topological polar surface area (TPSA) is 169 Å². The number of carbonyl (C=O) groups excluding carboxylic acids is 2. The molecule has 2 aliphatic carbocycles. The van der Waals surface area contributed by atoms with Crippen LogP contribution in [-0.4, -0.2) is 93.4 Å². The fourth-order valence-corrected chi connectivity index (χ4v) is 8.15. The molecule has 0 unspecified atom stereocenters. The minimum absolute atomic E-state index is 0.103. The Hall–Kier alpha value is -7.68. The van der Waals surface area contributed by atoms with Gasteiger partial charge in [-0.25, -0.2) is 0 Å². The first-order valence-corrected chi connectivity index (χ1v) is 22.4. The molecular weight excluding hydrogens is 861 g/mol. The van der Waals surface area contributed by atoms with Crippen LogP contribution in [0, 0.1) is 0 Å². The lowest BCUT2D eigenvalue weighted by Gasteiger charge is -2.24. The Labute approximate surface area is 394 Å². The van der Waals surface area contributed by atoms with Gasteiger partial charge in [0.15, 0.2) is 23.0 Å². The van der Waals surface area contributed by atoms with Crippen molar-refractivity contribution < 1.29 is 38.0 Å². The number of rotatable bonds is 15. The molecule has 2 aromatic heterocycles. The Balaban J connectivity index is 0.000000170. The number of methoxy groups -OCH3 is 2. The summed E-state index contributed by atoms with van der Waals surface area (Å²) in [6.07, 6.45) is 7.61. The van der Waals surface area contributed by atoms with Gasteiger partial charge in [0.05, 0.1) is 36.3 Å². The van der Waals surface area contributed by atoms with Crippen molar-refractivity contribution in [3.05, 3.63) is 133 Å². The van der Waals surface area contributed by atoms with Crippen LogP contribution >= 0.6 is 0 Å². The van der Waals surface area contributed by atoms with E-state index >= 15 is 0 Å². The van der Waals surface area contributed by atoms with Crippen molar-refractivity contribution in [3.8, 4) is 46.0 Å². The van der Waals surface area contributed by atoms with Crippen LogP contribution in [0.1, 0.15) is 46.4 Å². The highest BCUT2D eigenvalue weighted by Crippen LogP contribution is 2.44. The van der Waals surface area contributed by atoms with Gasteiger partial charge >= 0.3 is 0 Å². The molecule has 0 spiro atoms. The van der Waals surface area contributed by atoms with Gasteiger partial charge in [0.25, 0.3) is 11.8 Å². The van der Waals surface area contributed by atoms with Gasteiger partial charge in [-0.3, -0.25) is 19.6 Å². The molecule has 2 heterocycles. The van der Waals surface area contributed by atoms with Crippen LogP contribution in [0.2, 0.25) is 0 Å². The predicted octanol–water partition coefficient (Wildman–Crippen LogP) is 9.44. The molecule has 2 saturated carbocycles. The number of likely N-dealkylation sites (N-methyl/N-ethyl adjacent to an activating group) is 1. The van der Waals surface area contributed by atoms with Crippen LogP contribution in [0.25, 0.3) is 43.4 Å². The summed E-state index contributed by atoms with van der Waals surface area (Å²) in [5.74, 6) is 4.90. The fourth-order valence-electron chi connectivity index (χ4n) is 8.15. The maximum Gasteiger partial charge on any atom is 0.251 e. The summed E-state index contributed by atoms with van der Waals surface area (Å²) in [5, 5.41) is 10.6. The highest BCUT2D eigenvalue weighted by molar-refractivity contribution is 6.08. The van der Waals surface area contributed by atoms with Gasteiger partial charge < -0.3 is 49.7 Å². The second-order valence-electron chi connectivity index (χ2n) is 17.5. The van der Waals surface area contributed by atoms with Gasteiger partial charge in [-0.15, -0.1) is 0 Å². The first-order valence-electron chi connectivity index (χ1n) is 22.4. The number of fused-ring (bicyclic) bond motifs is 4. The zero-order chi connectivity index (χ0) is 47.6. The van der Waals surface area contributed by atoms with E-state index in [0.717, 1.165) is 69.0 Å². The number of hydrogen-bond donors (Lipinski definition) is 3. The van der Waals surface area contributed by atoms with E-state index in [-0.39, 0.29) is 22.9 Å². The smallest absolute Gasteiger partial charge is 0.251 e. The van der Waals surface area contributed by atoms with E-state index in [9.17, 15) is 9.59 Å². The summed E-state index contributed by atoms with van der Waals surface area (Å²) in [4.78, 5) is 35.6. The predicted molar refractivity (Wildman–Crippen MR) is 264 cm³/mol. The summed E-state index contributed by atoms with van der Waals surface area (Å²) >= 11 is 0. The molecule has 8 aromatic rings. The molecule has 10 rings (SSSR count). The molecule has 14 heteroatoms. The van der Waals surface area contributed by atoms with Crippen LogP contribution in [-0.2, 0) is 0 Å². The van der Waals surface area contributed by atoms with Gasteiger partial charge in [0, 0.05) is 60.5 Å². The van der Waals surface area contributed by atoms with Gasteiger partial charge in [-0.2, -0.15) is 0 Å². The van der Waals surface area contributed by atoms with E-state index in [1.165, 1.54) is 0 Å². The Kier molecular flexibility index (Phi) is 12.6. The minimum atomic E-state index is -0.230. The molecule has 68 heavy (non-hydrogen) atoms. The van der Waals surface area contributed by atoms with Gasteiger partial charge in [-0.05, 0) is 134 Å².